The van der Waals surface area contributed by atoms with E-state index in [2.05, 4.69) is 177 Å². The molecule has 0 bridgehead atoms. The molecule has 0 fully saturated rings. The highest BCUT2D eigenvalue weighted by molar-refractivity contribution is 7.29. The van der Waals surface area contributed by atoms with Gasteiger partial charge in [0, 0.05) is 47.6 Å². The van der Waals surface area contributed by atoms with Crippen LogP contribution in [0.1, 0.15) is 51.7 Å². The van der Waals surface area contributed by atoms with Crippen LogP contribution in [0.2, 0.25) is 0 Å². The summed E-state index contributed by atoms with van der Waals surface area (Å²) in [6.45, 7) is 9.77. The third-order valence-electron chi connectivity index (χ3n) is 13.9. The monoisotopic (exact) mass is 808 g/mol. The molecule has 0 radical (unpaired) electrons. The zero-order valence-corrected chi connectivity index (χ0v) is 35.7. The minimum atomic E-state index is 0.0928. The number of nitrogens with zero attached hydrogens (tertiary/aromatic N) is 1. The first-order valence-electron chi connectivity index (χ1n) is 21.2. The second-order valence-corrected chi connectivity index (χ2v) is 20.5. The highest BCUT2D eigenvalue weighted by Gasteiger charge is 2.40. The van der Waals surface area contributed by atoms with E-state index in [-0.39, 0.29) is 10.8 Å². The molecule has 13 rings (SSSR count). The topological polar surface area (TPSA) is 32.2 Å². The minimum absolute atomic E-state index is 0.0928. The average Bonchev–Trinajstić information content (AvgIpc) is 4.03. The number of benzene rings is 7. The number of fused-ring (bicyclic) bond motifs is 14. The normalized spacial score (nSPS) is 15.6. The number of H-pyrrole nitrogens is 1. The SMILES string of the molecule is CC1(C)CCC(C)(C)c2cc3c4c(sc3cc21)Bc1c(-c2cccc3c2[nH]c2c5ccccc5sc32)cc2c(oc3ccccc32)c1N4c1ccc(-c2ccccc2)cc1. The zero-order valence-electron chi connectivity index (χ0n) is 34.1. The van der Waals surface area contributed by atoms with Crippen molar-refractivity contribution in [2.24, 2.45) is 0 Å². The number of furan rings is 1. The summed E-state index contributed by atoms with van der Waals surface area (Å²) in [7, 11) is 0.816. The van der Waals surface area contributed by atoms with Crippen LogP contribution in [0.4, 0.5) is 17.1 Å². The van der Waals surface area contributed by atoms with E-state index in [4.69, 9.17) is 4.42 Å². The molecule has 3 nitrogen and oxygen atoms in total. The molecular formula is C54H41BN2OS2. The summed E-state index contributed by atoms with van der Waals surface area (Å²) in [5.41, 5.74) is 17.3. The molecule has 4 aromatic heterocycles. The van der Waals surface area contributed by atoms with Crippen LogP contribution in [0.25, 0.3) is 85.5 Å². The molecule has 0 spiro atoms. The summed E-state index contributed by atoms with van der Waals surface area (Å²) in [5, 5.41) is 6.18. The summed E-state index contributed by atoms with van der Waals surface area (Å²) < 4.78 is 12.5. The number of nitrogens with one attached hydrogen (secondary N) is 1. The maximum Gasteiger partial charge on any atom is 0.211 e. The molecule has 0 atom stereocenters. The predicted molar refractivity (Wildman–Crippen MR) is 261 cm³/mol. The molecule has 1 aliphatic carbocycles. The average molecular weight is 809 g/mol. The molecule has 0 amide bonds. The Hall–Kier alpha value is -6.08. The summed E-state index contributed by atoms with van der Waals surface area (Å²) in [6.07, 6.45) is 2.37. The molecule has 1 aliphatic heterocycles. The van der Waals surface area contributed by atoms with Crippen LogP contribution >= 0.6 is 22.7 Å². The first-order valence-corrected chi connectivity index (χ1v) is 22.8. The van der Waals surface area contributed by atoms with E-state index in [0.29, 0.717) is 0 Å². The highest BCUT2D eigenvalue weighted by Crippen LogP contribution is 2.53. The number of aromatic nitrogens is 1. The van der Waals surface area contributed by atoms with Crippen LogP contribution in [0.15, 0.2) is 144 Å². The molecule has 0 saturated heterocycles. The lowest BCUT2D eigenvalue weighted by atomic mass is 9.61. The largest absolute Gasteiger partial charge is 0.454 e. The number of rotatable bonds is 3. The Labute approximate surface area is 357 Å². The maximum absolute atomic E-state index is 7.07. The van der Waals surface area contributed by atoms with Crippen molar-refractivity contribution in [3.8, 4) is 22.3 Å². The first kappa shape index (κ1) is 34.8. The quantitative estimate of drug-likeness (QED) is 0.180. The highest BCUT2D eigenvalue weighted by atomic mass is 32.1. The molecule has 0 unspecified atom stereocenters. The molecule has 2 aliphatic rings. The van der Waals surface area contributed by atoms with Crippen molar-refractivity contribution < 1.29 is 4.42 Å². The second-order valence-electron chi connectivity index (χ2n) is 18.3. The molecule has 60 heavy (non-hydrogen) atoms. The van der Waals surface area contributed by atoms with Gasteiger partial charge in [0.1, 0.15) is 5.58 Å². The van der Waals surface area contributed by atoms with E-state index >= 15 is 0 Å². The van der Waals surface area contributed by atoms with Crippen molar-refractivity contribution in [3.05, 3.63) is 151 Å². The number of aromatic amines is 1. The number of anilines is 3. The van der Waals surface area contributed by atoms with Gasteiger partial charge < -0.3 is 14.3 Å². The van der Waals surface area contributed by atoms with Crippen LogP contribution in [-0.2, 0) is 10.8 Å². The number of para-hydroxylation sites is 2. The summed E-state index contributed by atoms with van der Waals surface area (Å²) in [4.78, 5) is 6.56. The van der Waals surface area contributed by atoms with Gasteiger partial charge in [0.25, 0.3) is 0 Å². The Bertz CT molecular complexity index is 3580. The van der Waals surface area contributed by atoms with E-state index in [1.165, 1.54) is 103 Å². The first-order chi connectivity index (χ1) is 29.2. The molecule has 6 heteroatoms. The van der Waals surface area contributed by atoms with Gasteiger partial charge in [0.2, 0.25) is 7.28 Å². The van der Waals surface area contributed by atoms with Gasteiger partial charge in [-0.25, -0.2) is 0 Å². The molecule has 0 saturated carbocycles. The van der Waals surface area contributed by atoms with Gasteiger partial charge in [-0.3, -0.25) is 0 Å². The smallest absolute Gasteiger partial charge is 0.211 e. The van der Waals surface area contributed by atoms with Crippen LogP contribution in [0.5, 0.6) is 0 Å². The van der Waals surface area contributed by atoms with Crippen molar-refractivity contribution in [2.75, 3.05) is 4.90 Å². The van der Waals surface area contributed by atoms with Crippen LogP contribution in [-0.4, -0.2) is 12.3 Å². The molecule has 5 heterocycles. The van der Waals surface area contributed by atoms with Crippen LogP contribution < -0.4 is 15.1 Å². The van der Waals surface area contributed by atoms with Crippen molar-refractivity contribution >= 4 is 120 Å². The van der Waals surface area contributed by atoms with E-state index in [9.17, 15) is 0 Å². The Balaban J connectivity index is 1.14. The van der Waals surface area contributed by atoms with Crippen LogP contribution in [0.3, 0.4) is 0 Å². The van der Waals surface area contributed by atoms with Gasteiger partial charge in [0.05, 0.1) is 27.1 Å². The van der Waals surface area contributed by atoms with Gasteiger partial charge in [-0.15, -0.1) is 22.7 Å². The summed E-state index contributed by atoms with van der Waals surface area (Å²) in [6, 6.07) is 51.7. The van der Waals surface area contributed by atoms with E-state index < -0.39 is 0 Å². The second kappa shape index (κ2) is 12.3. The van der Waals surface area contributed by atoms with E-state index in [0.717, 1.165) is 40.6 Å². The van der Waals surface area contributed by atoms with Gasteiger partial charge >= 0.3 is 0 Å². The lowest BCUT2D eigenvalue weighted by Gasteiger charge is -2.42. The van der Waals surface area contributed by atoms with E-state index in [1.54, 1.807) is 0 Å². The Morgan fingerprint density at radius 2 is 1.27 bits per heavy atom. The summed E-state index contributed by atoms with van der Waals surface area (Å²) in [5.74, 6) is 0. The lowest BCUT2D eigenvalue weighted by molar-refractivity contribution is 0.332. The summed E-state index contributed by atoms with van der Waals surface area (Å²) >= 11 is 3.87. The molecule has 11 aromatic rings. The fourth-order valence-electron chi connectivity index (χ4n) is 10.6. The number of thiophene rings is 2. The fraction of sp³-hybridized carbons (Fsp3) is 0.148. The number of hydrogen-bond acceptors (Lipinski definition) is 4. The maximum atomic E-state index is 7.07. The van der Waals surface area contributed by atoms with E-state index in [1.807, 2.05) is 22.7 Å². The van der Waals surface area contributed by atoms with Gasteiger partial charge in [-0.1, -0.05) is 125 Å². The third-order valence-corrected chi connectivity index (χ3v) is 16.3. The molecule has 288 valence electrons. The zero-order chi connectivity index (χ0) is 40.1. The van der Waals surface area contributed by atoms with Gasteiger partial charge in [-0.05, 0) is 104 Å². The fourth-order valence-corrected chi connectivity index (χ4v) is 13.1. The van der Waals surface area contributed by atoms with Crippen molar-refractivity contribution in [1.82, 2.24) is 4.98 Å². The minimum Gasteiger partial charge on any atom is -0.454 e. The van der Waals surface area contributed by atoms with Crippen molar-refractivity contribution in [2.45, 2.75) is 51.4 Å². The van der Waals surface area contributed by atoms with Gasteiger partial charge in [0.15, 0.2) is 5.58 Å². The Kier molecular flexibility index (Phi) is 7.10. The predicted octanol–water partition coefficient (Wildman–Crippen LogP) is 14.5. The molecular weight excluding hydrogens is 768 g/mol. The number of hydrogen-bond donors (Lipinski definition) is 1. The standard InChI is InChI=1S/C54H41BN2OS2/c1-53(2)25-26-54(3,4)41-29-44-39(28-40(41)53)48-52(60-44)55-45-37(34-17-12-18-36-46(34)56-47-35-16-9-11-20-43(35)59-51(36)47)27-38-33-15-8-10-19-42(33)58-50(38)49(45)57(48)32-23-21-31(22-24-32)30-13-6-5-7-14-30/h5-24,27-29,55-56H,25-26H2,1-4H3. The molecule has 1 N–H and O–H groups in total. The van der Waals surface area contributed by atoms with Crippen molar-refractivity contribution in [1.29, 1.82) is 0 Å². The van der Waals surface area contributed by atoms with Gasteiger partial charge in [-0.2, -0.15) is 0 Å². The Morgan fingerprint density at radius 1 is 0.567 bits per heavy atom. The lowest BCUT2D eigenvalue weighted by Crippen LogP contribution is -2.39. The van der Waals surface area contributed by atoms with Crippen molar-refractivity contribution in [3.63, 3.8) is 0 Å². The molecule has 7 aromatic carbocycles. The third kappa shape index (κ3) is 4.83. The van der Waals surface area contributed by atoms with Crippen LogP contribution in [0, 0.1) is 0 Å². The Morgan fingerprint density at radius 3 is 2.08 bits per heavy atom.